The minimum atomic E-state index is 0.386. The molecule has 1 saturated heterocycles. The molecule has 1 aliphatic carbocycles. The number of likely N-dealkylation sites (tertiary alicyclic amines) is 1. The van der Waals surface area contributed by atoms with Crippen LogP contribution in [-0.4, -0.2) is 28.4 Å². The quantitative estimate of drug-likeness (QED) is 0.707. The van der Waals surface area contributed by atoms with E-state index in [4.69, 9.17) is 0 Å². The Balaban J connectivity index is 1.42. The van der Waals surface area contributed by atoms with Crippen molar-refractivity contribution < 1.29 is 4.79 Å². The summed E-state index contributed by atoms with van der Waals surface area (Å²) in [5.74, 6) is 1.01. The van der Waals surface area contributed by atoms with Gasteiger partial charge in [-0.05, 0) is 68.6 Å². The molecule has 1 aromatic heterocycles. The van der Waals surface area contributed by atoms with Crippen molar-refractivity contribution >= 4 is 16.8 Å². The summed E-state index contributed by atoms with van der Waals surface area (Å²) in [6, 6.07) is 8.54. The van der Waals surface area contributed by atoms with Crippen molar-refractivity contribution in [2.24, 2.45) is 5.92 Å². The van der Waals surface area contributed by atoms with E-state index in [-0.39, 0.29) is 0 Å². The monoisotopic (exact) mass is 391 g/mol. The molecule has 1 aliphatic heterocycles. The molecule has 2 aromatic rings. The average molecular weight is 392 g/mol. The second-order valence-corrected chi connectivity index (χ2v) is 8.94. The number of aryl methyl sites for hydroxylation is 2. The average Bonchev–Trinajstić information content (AvgIpc) is 3.36. The molecule has 1 N–H and O–H groups in total. The van der Waals surface area contributed by atoms with Crippen LogP contribution in [-0.2, 0) is 17.6 Å². The predicted molar refractivity (Wildman–Crippen MR) is 117 cm³/mol. The molecule has 29 heavy (non-hydrogen) atoms. The Bertz CT molecular complexity index is 901. The number of nitriles is 1. The third kappa shape index (κ3) is 4.34. The Morgan fingerprint density at radius 3 is 2.79 bits per heavy atom. The van der Waals surface area contributed by atoms with Gasteiger partial charge in [-0.25, -0.2) is 0 Å². The van der Waals surface area contributed by atoms with Gasteiger partial charge in [0.05, 0.1) is 11.6 Å². The molecule has 2 heterocycles. The third-order valence-electron chi connectivity index (χ3n) is 7.09. The van der Waals surface area contributed by atoms with Gasteiger partial charge >= 0.3 is 0 Å². The number of nitrogens with zero attached hydrogens (tertiary/aromatic N) is 2. The summed E-state index contributed by atoms with van der Waals surface area (Å²) in [6.07, 6.45) is 12.4. The largest absolute Gasteiger partial charge is 0.358 e. The number of rotatable bonds is 6. The number of hydrogen-bond acceptors (Lipinski definition) is 2. The number of carbonyl (C=O) groups is 1. The fourth-order valence-corrected chi connectivity index (χ4v) is 5.53. The van der Waals surface area contributed by atoms with Crippen LogP contribution in [0, 0.1) is 17.2 Å². The summed E-state index contributed by atoms with van der Waals surface area (Å²) < 4.78 is 0. The summed E-state index contributed by atoms with van der Waals surface area (Å²) >= 11 is 0. The molecule has 4 nitrogen and oxygen atoms in total. The standard InChI is InChI=1S/C25H33N3O/c1-2-21-22-12-10-19(17-26)15-24(22)27-23(21)13-11-20-9-6-14-28(20)25(29)16-18-7-4-3-5-8-18/h10,12,15,18,20,27H,2-9,11,13-14,16H2,1H3/t20-/m0/s1. The number of fused-ring (bicyclic) bond motifs is 1. The lowest BCUT2D eigenvalue weighted by atomic mass is 9.86. The maximum atomic E-state index is 13.0. The summed E-state index contributed by atoms with van der Waals surface area (Å²) in [4.78, 5) is 18.7. The van der Waals surface area contributed by atoms with Crippen LogP contribution in [0.15, 0.2) is 18.2 Å². The van der Waals surface area contributed by atoms with E-state index in [0.29, 0.717) is 23.4 Å². The van der Waals surface area contributed by atoms with Gasteiger partial charge in [-0.2, -0.15) is 5.26 Å². The number of H-pyrrole nitrogens is 1. The number of aromatic nitrogens is 1. The first-order valence-electron chi connectivity index (χ1n) is 11.5. The number of benzene rings is 1. The highest BCUT2D eigenvalue weighted by Crippen LogP contribution is 2.31. The molecule has 1 saturated carbocycles. The van der Waals surface area contributed by atoms with Crippen molar-refractivity contribution in [2.45, 2.75) is 83.6 Å². The lowest BCUT2D eigenvalue weighted by molar-refractivity contribution is -0.133. The van der Waals surface area contributed by atoms with Gasteiger partial charge in [-0.3, -0.25) is 4.79 Å². The number of hydrogen-bond donors (Lipinski definition) is 1. The van der Waals surface area contributed by atoms with Gasteiger partial charge in [0.2, 0.25) is 5.91 Å². The highest BCUT2D eigenvalue weighted by molar-refractivity contribution is 5.85. The van der Waals surface area contributed by atoms with Gasteiger partial charge in [0.1, 0.15) is 0 Å². The molecule has 4 rings (SSSR count). The summed E-state index contributed by atoms with van der Waals surface area (Å²) in [5, 5.41) is 10.4. The number of carbonyl (C=O) groups excluding carboxylic acids is 1. The van der Waals surface area contributed by atoms with Crippen molar-refractivity contribution in [3.63, 3.8) is 0 Å². The van der Waals surface area contributed by atoms with E-state index in [1.807, 2.05) is 12.1 Å². The molecule has 2 aliphatic rings. The topological polar surface area (TPSA) is 59.9 Å². The molecule has 0 unspecified atom stereocenters. The van der Waals surface area contributed by atoms with Crippen LogP contribution in [0.5, 0.6) is 0 Å². The van der Waals surface area contributed by atoms with Gasteiger partial charge in [0, 0.05) is 35.6 Å². The first-order valence-corrected chi connectivity index (χ1v) is 11.5. The normalized spacial score (nSPS) is 20.3. The first kappa shape index (κ1) is 20.0. The summed E-state index contributed by atoms with van der Waals surface area (Å²) in [5.41, 5.74) is 4.41. The van der Waals surface area contributed by atoms with E-state index in [1.54, 1.807) is 0 Å². The predicted octanol–water partition coefficient (Wildman–Crippen LogP) is 5.50. The van der Waals surface area contributed by atoms with Gasteiger partial charge in [0.25, 0.3) is 0 Å². The van der Waals surface area contributed by atoms with Crippen molar-refractivity contribution in [3.8, 4) is 6.07 Å². The summed E-state index contributed by atoms with van der Waals surface area (Å²) in [6.45, 7) is 3.13. The number of aromatic amines is 1. The van der Waals surface area contributed by atoms with Gasteiger partial charge in [-0.1, -0.05) is 32.3 Å². The van der Waals surface area contributed by atoms with Crippen LogP contribution in [0.3, 0.4) is 0 Å². The fourth-order valence-electron chi connectivity index (χ4n) is 5.53. The number of amides is 1. The van der Waals surface area contributed by atoms with Crippen LogP contribution in [0.2, 0.25) is 0 Å². The lowest BCUT2D eigenvalue weighted by Crippen LogP contribution is -2.37. The molecule has 1 atom stereocenters. The van der Waals surface area contributed by atoms with Crippen LogP contribution >= 0.6 is 0 Å². The molecule has 1 amide bonds. The molecule has 4 heteroatoms. The lowest BCUT2D eigenvalue weighted by Gasteiger charge is -2.28. The van der Waals surface area contributed by atoms with Crippen LogP contribution in [0.4, 0.5) is 0 Å². The Labute approximate surface area is 174 Å². The number of nitrogens with one attached hydrogen (secondary N) is 1. The SMILES string of the molecule is CCc1c(CC[C@@H]2CCCN2C(=O)CC2CCCCC2)[nH]c2cc(C#N)ccc12. The molecule has 2 fully saturated rings. The zero-order chi connectivity index (χ0) is 20.2. The Kier molecular flexibility index (Phi) is 6.23. The highest BCUT2D eigenvalue weighted by atomic mass is 16.2. The van der Waals surface area contributed by atoms with E-state index in [2.05, 4.69) is 28.9 Å². The van der Waals surface area contributed by atoms with Gasteiger partial charge in [-0.15, -0.1) is 0 Å². The Hall–Kier alpha value is -2.28. The van der Waals surface area contributed by atoms with E-state index in [1.165, 1.54) is 48.7 Å². The zero-order valence-electron chi connectivity index (χ0n) is 17.7. The van der Waals surface area contributed by atoms with Gasteiger partial charge in [0.15, 0.2) is 0 Å². The van der Waals surface area contributed by atoms with Crippen molar-refractivity contribution in [2.75, 3.05) is 6.54 Å². The molecular formula is C25H33N3O. The van der Waals surface area contributed by atoms with E-state index >= 15 is 0 Å². The van der Waals surface area contributed by atoms with Gasteiger partial charge < -0.3 is 9.88 Å². The maximum absolute atomic E-state index is 13.0. The fraction of sp³-hybridized carbons (Fsp3) is 0.600. The van der Waals surface area contributed by atoms with Crippen molar-refractivity contribution in [1.82, 2.24) is 9.88 Å². The van der Waals surface area contributed by atoms with E-state index < -0.39 is 0 Å². The van der Waals surface area contributed by atoms with E-state index in [9.17, 15) is 10.1 Å². The second-order valence-electron chi connectivity index (χ2n) is 8.94. The van der Waals surface area contributed by atoms with Crippen molar-refractivity contribution in [3.05, 3.63) is 35.0 Å². The molecular weight excluding hydrogens is 358 g/mol. The highest BCUT2D eigenvalue weighted by Gasteiger charge is 2.30. The first-order chi connectivity index (χ1) is 14.2. The minimum absolute atomic E-state index is 0.386. The second kappa shape index (κ2) is 9.03. The van der Waals surface area contributed by atoms with Crippen LogP contribution in [0.25, 0.3) is 10.9 Å². The molecule has 154 valence electrons. The van der Waals surface area contributed by atoms with Crippen molar-refractivity contribution in [1.29, 1.82) is 5.26 Å². The Morgan fingerprint density at radius 1 is 1.21 bits per heavy atom. The Morgan fingerprint density at radius 2 is 2.03 bits per heavy atom. The summed E-state index contributed by atoms with van der Waals surface area (Å²) in [7, 11) is 0. The minimum Gasteiger partial charge on any atom is -0.358 e. The van der Waals surface area contributed by atoms with E-state index in [0.717, 1.165) is 50.6 Å². The van der Waals surface area contributed by atoms with Crippen LogP contribution in [0.1, 0.15) is 81.5 Å². The molecule has 0 bridgehead atoms. The smallest absolute Gasteiger partial charge is 0.223 e. The van der Waals surface area contributed by atoms with Crippen LogP contribution < -0.4 is 0 Å². The third-order valence-corrected chi connectivity index (χ3v) is 7.09. The molecule has 0 radical (unpaired) electrons. The zero-order valence-corrected chi connectivity index (χ0v) is 17.7. The molecule has 0 spiro atoms. The maximum Gasteiger partial charge on any atom is 0.223 e. The molecule has 1 aromatic carbocycles.